The van der Waals surface area contributed by atoms with E-state index in [2.05, 4.69) is 19.9 Å². The molecule has 1 N–H and O–H groups in total. The topological polar surface area (TPSA) is 82.2 Å². The zero-order valence-electron chi connectivity index (χ0n) is 15.5. The molecule has 1 saturated heterocycles. The minimum Gasteiger partial charge on any atom is -0.348 e. The van der Waals surface area contributed by atoms with Crippen LogP contribution < -0.4 is 0 Å². The fraction of sp³-hybridized carbons (Fsp3) is 0.500. The number of nitrogens with zero attached hydrogens (tertiary/aromatic N) is 4. The molecule has 2 fully saturated rings. The molecule has 0 aromatic carbocycles. The molecule has 1 saturated carbocycles. The van der Waals surface area contributed by atoms with Crippen molar-refractivity contribution in [1.29, 1.82) is 0 Å². The van der Waals surface area contributed by atoms with Gasteiger partial charge in [-0.15, -0.1) is 0 Å². The van der Waals surface area contributed by atoms with Crippen molar-refractivity contribution >= 4 is 23.4 Å². The van der Waals surface area contributed by atoms with Gasteiger partial charge in [-0.2, -0.15) is 0 Å². The van der Waals surface area contributed by atoms with Crippen molar-refractivity contribution in [2.24, 2.45) is 5.92 Å². The Morgan fingerprint density at radius 1 is 1.18 bits per heavy atom. The molecule has 2 amide bonds. The number of hydrogen-bond acceptors (Lipinski definition) is 4. The summed E-state index contributed by atoms with van der Waals surface area (Å²) < 4.78 is 0. The Morgan fingerprint density at radius 3 is 2.68 bits per heavy atom. The lowest BCUT2D eigenvalue weighted by atomic mass is 9.78. The Kier molecular flexibility index (Phi) is 4.16. The molecular weight excluding hydrogens is 378 g/mol. The van der Waals surface area contributed by atoms with Crippen LogP contribution in [0.25, 0.3) is 0 Å². The lowest BCUT2D eigenvalue weighted by molar-refractivity contribution is -0.143. The molecule has 146 valence electrons. The lowest BCUT2D eigenvalue weighted by Crippen LogP contribution is -2.59. The number of fused-ring (bicyclic) bond motifs is 2. The third-order valence-electron chi connectivity index (χ3n) is 6.28. The van der Waals surface area contributed by atoms with Crippen LogP contribution in [0.4, 0.5) is 0 Å². The van der Waals surface area contributed by atoms with Gasteiger partial charge in [0.25, 0.3) is 5.91 Å². The first kappa shape index (κ1) is 17.7. The van der Waals surface area contributed by atoms with Crippen molar-refractivity contribution < 1.29 is 9.59 Å². The number of carbonyl (C=O) groups is 2. The van der Waals surface area contributed by atoms with Crippen LogP contribution in [0.3, 0.4) is 0 Å². The van der Waals surface area contributed by atoms with Crippen molar-refractivity contribution in [3.8, 4) is 0 Å². The molecule has 7 nitrogen and oxygen atoms in total. The molecule has 0 bridgehead atoms. The molecule has 0 unspecified atom stereocenters. The van der Waals surface area contributed by atoms with Crippen molar-refractivity contribution in [3.05, 3.63) is 46.8 Å². The van der Waals surface area contributed by atoms with Crippen LogP contribution in [0.2, 0.25) is 5.02 Å². The smallest absolute Gasteiger partial charge is 0.255 e. The number of carbonyl (C=O) groups excluding carboxylic acids is 2. The molecule has 5 rings (SSSR count). The van der Waals surface area contributed by atoms with Crippen molar-refractivity contribution in [3.63, 3.8) is 0 Å². The molecular formula is C20H22ClN5O2. The number of aromatic nitrogens is 3. The number of pyridine rings is 1. The number of hydrogen-bond donors (Lipinski definition) is 1. The van der Waals surface area contributed by atoms with E-state index in [0.717, 1.165) is 37.2 Å². The van der Waals surface area contributed by atoms with Crippen molar-refractivity contribution in [2.75, 3.05) is 19.6 Å². The predicted octanol–water partition coefficient (Wildman–Crippen LogP) is 2.38. The molecule has 2 aliphatic heterocycles. The van der Waals surface area contributed by atoms with E-state index < -0.39 is 5.54 Å². The maximum Gasteiger partial charge on any atom is 0.255 e. The van der Waals surface area contributed by atoms with E-state index in [0.29, 0.717) is 36.5 Å². The standard InChI is InChI=1S/C20H22ClN5O2/c21-15-9-14(10-22-11-15)18(27)25-7-4-20(5-8-25)17-16(23-12-24-17)3-6-26(20)19(28)13-1-2-13/h9-13H,1-8H2,(H,23,24). The van der Waals surface area contributed by atoms with Crippen LogP contribution in [0.1, 0.15) is 47.4 Å². The van der Waals surface area contributed by atoms with E-state index in [9.17, 15) is 9.59 Å². The fourth-order valence-electron chi connectivity index (χ4n) is 4.65. The second-order valence-electron chi connectivity index (χ2n) is 7.96. The first-order valence-electron chi connectivity index (χ1n) is 9.82. The molecule has 2 aromatic heterocycles. The van der Waals surface area contributed by atoms with E-state index >= 15 is 0 Å². The summed E-state index contributed by atoms with van der Waals surface area (Å²) >= 11 is 5.99. The number of imidazole rings is 1. The van der Waals surface area contributed by atoms with Crippen LogP contribution in [0.15, 0.2) is 24.8 Å². The van der Waals surface area contributed by atoms with Gasteiger partial charge in [0.05, 0.1) is 28.1 Å². The summed E-state index contributed by atoms with van der Waals surface area (Å²) in [5.74, 6) is 0.366. The highest BCUT2D eigenvalue weighted by molar-refractivity contribution is 6.30. The van der Waals surface area contributed by atoms with E-state index in [1.165, 1.54) is 6.20 Å². The minimum atomic E-state index is -0.406. The Balaban J connectivity index is 1.41. The normalized spacial score (nSPS) is 20.9. The quantitative estimate of drug-likeness (QED) is 0.840. The second kappa shape index (κ2) is 6.58. The van der Waals surface area contributed by atoms with E-state index in [1.54, 1.807) is 18.6 Å². The van der Waals surface area contributed by atoms with Gasteiger partial charge in [0.1, 0.15) is 0 Å². The summed E-state index contributed by atoms with van der Waals surface area (Å²) in [6.07, 6.45) is 8.99. The van der Waals surface area contributed by atoms with Gasteiger partial charge >= 0.3 is 0 Å². The van der Waals surface area contributed by atoms with Gasteiger partial charge in [-0.1, -0.05) is 11.6 Å². The highest BCUT2D eigenvalue weighted by atomic mass is 35.5. The minimum absolute atomic E-state index is 0.0667. The van der Waals surface area contributed by atoms with Gasteiger partial charge in [0.2, 0.25) is 5.91 Å². The number of aromatic amines is 1. The monoisotopic (exact) mass is 399 g/mol. The number of amides is 2. The van der Waals surface area contributed by atoms with Gasteiger partial charge < -0.3 is 14.8 Å². The van der Waals surface area contributed by atoms with Crippen LogP contribution in [-0.4, -0.2) is 56.2 Å². The summed E-state index contributed by atoms with van der Waals surface area (Å²) in [5, 5.41) is 0.453. The first-order valence-corrected chi connectivity index (χ1v) is 10.2. The highest BCUT2D eigenvalue weighted by Gasteiger charge is 2.51. The predicted molar refractivity (Wildman–Crippen MR) is 103 cm³/mol. The largest absolute Gasteiger partial charge is 0.348 e. The SMILES string of the molecule is O=C(c1cncc(Cl)c1)N1CCC2(CC1)c1nc[nH]c1CCN2C(=O)C1CC1. The average molecular weight is 400 g/mol. The summed E-state index contributed by atoms with van der Waals surface area (Å²) in [5.41, 5.74) is 2.21. The van der Waals surface area contributed by atoms with E-state index in [1.807, 2.05) is 4.90 Å². The zero-order chi connectivity index (χ0) is 19.3. The molecule has 0 atom stereocenters. The summed E-state index contributed by atoms with van der Waals surface area (Å²) in [4.78, 5) is 41.7. The van der Waals surface area contributed by atoms with Crippen LogP contribution >= 0.6 is 11.6 Å². The van der Waals surface area contributed by atoms with Crippen LogP contribution in [0.5, 0.6) is 0 Å². The van der Waals surface area contributed by atoms with Crippen molar-refractivity contribution in [2.45, 2.75) is 37.6 Å². The Hall–Kier alpha value is -2.41. The third-order valence-corrected chi connectivity index (χ3v) is 6.49. The number of H-pyrrole nitrogens is 1. The molecule has 1 aliphatic carbocycles. The van der Waals surface area contributed by atoms with Gasteiger partial charge in [0, 0.05) is 50.1 Å². The Bertz CT molecular complexity index is 930. The average Bonchev–Trinajstić information content (AvgIpc) is 3.45. The second-order valence-corrected chi connectivity index (χ2v) is 8.40. The number of piperidine rings is 1. The molecule has 2 aromatic rings. The Labute approximate surface area is 168 Å². The zero-order valence-corrected chi connectivity index (χ0v) is 16.3. The van der Waals surface area contributed by atoms with Gasteiger partial charge in [-0.3, -0.25) is 14.6 Å². The maximum atomic E-state index is 13.0. The van der Waals surface area contributed by atoms with Gasteiger partial charge in [0.15, 0.2) is 0 Å². The molecule has 1 spiro atoms. The van der Waals surface area contributed by atoms with E-state index in [-0.39, 0.29) is 17.7 Å². The van der Waals surface area contributed by atoms with Crippen molar-refractivity contribution in [1.82, 2.24) is 24.8 Å². The number of rotatable bonds is 2. The third kappa shape index (κ3) is 2.80. The summed E-state index contributed by atoms with van der Waals surface area (Å²) in [6, 6.07) is 1.65. The van der Waals surface area contributed by atoms with Crippen LogP contribution in [0, 0.1) is 5.92 Å². The van der Waals surface area contributed by atoms with Gasteiger partial charge in [-0.25, -0.2) is 4.98 Å². The molecule has 8 heteroatoms. The number of halogens is 1. The van der Waals surface area contributed by atoms with Gasteiger partial charge in [-0.05, 0) is 31.7 Å². The number of nitrogens with one attached hydrogen (secondary N) is 1. The molecule has 4 heterocycles. The maximum absolute atomic E-state index is 13.0. The summed E-state index contributed by atoms with van der Waals surface area (Å²) in [6.45, 7) is 1.87. The lowest BCUT2D eigenvalue weighted by Gasteiger charge is -2.50. The number of likely N-dealkylation sites (tertiary alicyclic amines) is 1. The summed E-state index contributed by atoms with van der Waals surface area (Å²) in [7, 11) is 0. The Morgan fingerprint density at radius 2 is 1.96 bits per heavy atom. The molecule has 28 heavy (non-hydrogen) atoms. The first-order chi connectivity index (χ1) is 13.6. The molecule has 0 radical (unpaired) electrons. The molecule has 3 aliphatic rings. The highest BCUT2D eigenvalue weighted by Crippen LogP contribution is 2.45. The van der Waals surface area contributed by atoms with E-state index in [4.69, 9.17) is 11.6 Å². The fourth-order valence-corrected chi connectivity index (χ4v) is 4.82. The van der Waals surface area contributed by atoms with Crippen LogP contribution in [-0.2, 0) is 16.8 Å².